The second-order valence-electron chi connectivity index (χ2n) is 8.26. The van der Waals surface area contributed by atoms with Crippen LogP contribution in [0.5, 0.6) is 17.2 Å². The number of carbonyl (C=O) groups excluding carboxylic acids is 1. The van der Waals surface area contributed by atoms with Crippen LogP contribution in [-0.2, 0) is 4.79 Å². The number of thioether (sulfide) groups is 1. The maximum absolute atomic E-state index is 13.5. The minimum absolute atomic E-state index is 0.169. The van der Waals surface area contributed by atoms with Crippen LogP contribution in [0.15, 0.2) is 114 Å². The van der Waals surface area contributed by atoms with Crippen molar-refractivity contribution in [3.63, 3.8) is 0 Å². The van der Waals surface area contributed by atoms with Gasteiger partial charge in [-0.2, -0.15) is 0 Å². The number of aromatic nitrogens is 2. The Balaban J connectivity index is 1.27. The average Bonchev–Trinajstić information content (AvgIpc) is 3.42. The van der Waals surface area contributed by atoms with Gasteiger partial charge in [-0.05, 0) is 61.0 Å². The van der Waals surface area contributed by atoms with E-state index in [2.05, 4.69) is 20.8 Å². The number of rotatable bonds is 11. The van der Waals surface area contributed by atoms with Crippen LogP contribution in [0, 0.1) is 0 Å². The predicted octanol–water partition coefficient (Wildman–Crippen LogP) is 7.94. The highest BCUT2D eigenvalue weighted by Gasteiger charge is 2.25. The lowest BCUT2D eigenvalue weighted by atomic mass is 10.1. The van der Waals surface area contributed by atoms with Gasteiger partial charge in [0.05, 0.1) is 12.3 Å². The van der Waals surface area contributed by atoms with Gasteiger partial charge in [0.1, 0.15) is 22.5 Å². The third kappa shape index (κ3) is 7.16. The molecule has 1 atom stereocenters. The number of nitrogens with one attached hydrogen (secondary N) is 2. The first-order valence-electron chi connectivity index (χ1n) is 12.4. The summed E-state index contributed by atoms with van der Waals surface area (Å²) in [6, 6.07) is 34.3. The molecule has 0 fully saturated rings. The predicted molar refractivity (Wildman–Crippen MR) is 157 cm³/mol. The normalized spacial score (nSPS) is 11.4. The summed E-state index contributed by atoms with van der Waals surface area (Å²) in [5.74, 6) is 1.98. The summed E-state index contributed by atoms with van der Waals surface area (Å²) >= 11 is 2.74. The van der Waals surface area contributed by atoms with Gasteiger partial charge in [-0.1, -0.05) is 83.8 Å². The summed E-state index contributed by atoms with van der Waals surface area (Å²) in [4.78, 5) is 13.5. The van der Waals surface area contributed by atoms with Crippen molar-refractivity contribution >= 4 is 45.5 Å². The van der Waals surface area contributed by atoms with E-state index in [1.807, 2.05) is 116 Å². The van der Waals surface area contributed by atoms with Crippen molar-refractivity contribution in [3.8, 4) is 17.2 Å². The van der Waals surface area contributed by atoms with E-state index in [4.69, 9.17) is 9.47 Å². The number of hydrogen-bond donors (Lipinski definition) is 2. The largest absolute Gasteiger partial charge is 0.492 e. The second-order valence-corrected chi connectivity index (χ2v) is 10.6. The molecule has 5 aromatic rings. The zero-order valence-corrected chi connectivity index (χ0v) is 22.7. The van der Waals surface area contributed by atoms with Gasteiger partial charge in [0.15, 0.2) is 4.34 Å². The van der Waals surface area contributed by atoms with E-state index in [9.17, 15) is 4.79 Å². The number of para-hydroxylation sites is 3. The Labute approximate surface area is 235 Å². The van der Waals surface area contributed by atoms with Gasteiger partial charge in [0.2, 0.25) is 11.0 Å². The van der Waals surface area contributed by atoms with Crippen molar-refractivity contribution in [2.45, 2.75) is 16.5 Å². The fraction of sp³-hybridized carbons (Fsp3) is 0.100. The molecule has 0 bridgehead atoms. The Morgan fingerprint density at radius 3 is 2.26 bits per heavy atom. The van der Waals surface area contributed by atoms with Gasteiger partial charge in [0.25, 0.3) is 0 Å². The summed E-state index contributed by atoms with van der Waals surface area (Å²) in [6.07, 6.45) is 0. The van der Waals surface area contributed by atoms with Crippen molar-refractivity contribution in [1.29, 1.82) is 0 Å². The molecular formula is C30H26N4O3S2. The molecule has 4 aromatic carbocycles. The fourth-order valence-electron chi connectivity index (χ4n) is 3.71. The van der Waals surface area contributed by atoms with Crippen LogP contribution in [0.25, 0.3) is 0 Å². The van der Waals surface area contributed by atoms with Crippen LogP contribution in [0.3, 0.4) is 0 Å². The minimum atomic E-state index is -0.531. The molecule has 2 N–H and O–H groups in total. The van der Waals surface area contributed by atoms with Crippen molar-refractivity contribution in [2.75, 3.05) is 17.2 Å². The maximum Gasteiger partial charge on any atom is 0.242 e. The van der Waals surface area contributed by atoms with Crippen LogP contribution in [0.1, 0.15) is 17.7 Å². The first-order valence-corrected chi connectivity index (χ1v) is 14.1. The van der Waals surface area contributed by atoms with Gasteiger partial charge in [0, 0.05) is 5.69 Å². The molecule has 1 aromatic heterocycles. The number of amides is 1. The summed E-state index contributed by atoms with van der Waals surface area (Å²) in [5, 5.41) is 15.0. The van der Waals surface area contributed by atoms with Crippen LogP contribution >= 0.6 is 23.1 Å². The van der Waals surface area contributed by atoms with Gasteiger partial charge < -0.3 is 20.1 Å². The van der Waals surface area contributed by atoms with Crippen molar-refractivity contribution in [2.24, 2.45) is 0 Å². The molecule has 7 nitrogen and oxygen atoms in total. The number of hydrogen-bond acceptors (Lipinski definition) is 8. The average molecular weight is 555 g/mol. The van der Waals surface area contributed by atoms with Crippen LogP contribution < -0.4 is 20.1 Å². The molecule has 0 radical (unpaired) electrons. The lowest BCUT2D eigenvalue weighted by Gasteiger charge is -2.17. The van der Waals surface area contributed by atoms with Crippen molar-refractivity contribution in [3.05, 3.63) is 115 Å². The molecule has 1 unspecified atom stereocenters. The number of benzene rings is 4. The van der Waals surface area contributed by atoms with E-state index >= 15 is 0 Å². The molecule has 39 heavy (non-hydrogen) atoms. The van der Waals surface area contributed by atoms with Gasteiger partial charge >= 0.3 is 0 Å². The first-order chi connectivity index (χ1) is 19.2. The Morgan fingerprint density at radius 1 is 0.846 bits per heavy atom. The SMILES string of the molecule is CCOc1ccccc1NC(=O)C(Sc1nnc(Nc2ccc(Oc3ccccc3)cc2)s1)c1ccccc1. The summed E-state index contributed by atoms with van der Waals surface area (Å²) in [5.41, 5.74) is 2.35. The molecule has 1 heterocycles. The molecule has 0 spiro atoms. The summed E-state index contributed by atoms with van der Waals surface area (Å²) in [7, 11) is 0. The third-order valence-corrected chi connectivity index (χ3v) is 7.67. The Morgan fingerprint density at radius 2 is 1.51 bits per heavy atom. The summed E-state index contributed by atoms with van der Waals surface area (Å²) in [6.45, 7) is 2.42. The molecule has 0 aliphatic rings. The monoisotopic (exact) mass is 554 g/mol. The van der Waals surface area contributed by atoms with Gasteiger partial charge in [-0.15, -0.1) is 10.2 Å². The fourth-order valence-corrected chi connectivity index (χ4v) is 5.68. The summed E-state index contributed by atoms with van der Waals surface area (Å²) < 4.78 is 12.2. The van der Waals surface area contributed by atoms with Crippen LogP contribution in [0.2, 0.25) is 0 Å². The zero-order valence-electron chi connectivity index (χ0n) is 21.1. The molecule has 9 heteroatoms. The quantitative estimate of drug-likeness (QED) is 0.160. The maximum atomic E-state index is 13.5. The lowest BCUT2D eigenvalue weighted by Crippen LogP contribution is -2.19. The van der Waals surface area contributed by atoms with E-state index in [1.165, 1.54) is 23.1 Å². The third-order valence-electron chi connectivity index (χ3n) is 5.49. The molecule has 1 amide bonds. The number of anilines is 3. The zero-order chi connectivity index (χ0) is 26.9. The van der Waals surface area contributed by atoms with E-state index in [-0.39, 0.29) is 5.91 Å². The van der Waals surface area contributed by atoms with Crippen molar-refractivity contribution < 1.29 is 14.3 Å². The topological polar surface area (TPSA) is 85.4 Å². The van der Waals surface area contributed by atoms with Crippen molar-refractivity contribution in [1.82, 2.24) is 10.2 Å². The lowest BCUT2D eigenvalue weighted by molar-refractivity contribution is -0.115. The molecular weight excluding hydrogens is 528 g/mol. The first kappa shape index (κ1) is 26.3. The molecule has 0 aliphatic carbocycles. The van der Waals surface area contributed by atoms with E-state index in [0.29, 0.717) is 27.5 Å². The Hall–Kier alpha value is -4.34. The molecule has 0 saturated carbocycles. The van der Waals surface area contributed by atoms with Crippen LogP contribution in [0.4, 0.5) is 16.5 Å². The minimum Gasteiger partial charge on any atom is -0.492 e. The Kier molecular flexibility index (Phi) is 8.72. The molecule has 5 rings (SSSR count). The van der Waals surface area contributed by atoms with Crippen LogP contribution in [-0.4, -0.2) is 22.7 Å². The smallest absolute Gasteiger partial charge is 0.242 e. The van der Waals surface area contributed by atoms with Gasteiger partial charge in [-0.25, -0.2) is 0 Å². The van der Waals surface area contributed by atoms with E-state index < -0.39 is 5.25 Å². The highest BCUT2D eigenvalue weighted by atomic mass is 32.2. The number of ether oxygens (including phenoxy) is 2. The number of nitrogens with zero attached hydrogens (tertiary/aromatic N) is 2. The second kappa shape index (κ2) is 12.9. The molecule has 0 aliphatic heterocycles. The van der Waals surface area contributed by atoms with E-state index in [0.717, 1.165) is 22.7 Å². The standard InChI is InChI=1S/C30H26N4O3S2/c1-2-36-26-16-10-9-15-25(26)32-28(35)27(21-11-5-3-6-12-21)38-30-34-33-29(39-30)31-22-17-19-24(20-18-22)37-23-13-7-4-8-14-23/h3-20,27H,2H2,1H3,(H,31,33)(H,32,35). The Bertz CT molecular complexity index is 1500. The number of carbonyl (C=O) groups is 1. The molecule has 0 saturated heterocycles. The molecule has 196 valence electrons. The highest BCUT2D eigenvalue weighted by Crippen LogP contribution is 2.39. The highest BCUT2D eigenvalue weighted by molar-refractivity contribution is 8.02. The van der Waals surface area contributed by atoms with E-state index in [1.54, 1.807) is 0 Å². The van der Waals surface area contributed by atoms with Gasteiger partial charge in [-0.3, -0.25) is 4.79 Å².